The van der Waals surface area contributed by atoms with E-state index in [0.717, 1.165) is 30.5 Å². The molecule has 2 aromatic heterocycles. The van der Waals surface area contributed by atoms with E-state index >= 15 is 0 Å². The van der Waals surface area contributed by atoms with Crippen molar-refractivity contribution in [3.63, 3.8) is 0 Å². The van der Waals surface area contributed by atoms with E-state index in [1.165, 1.54) is 4.68 Å². The van der Waals surface area contributed by atoms with Crippen molar-refractivity contribution in [2.75, 3.05) is 26.1 Å². The fourth-order valence-corrected chi connectivity index (χ4v) is 4.05. The van der Waals surface area contributed by atoms with Gasteiger partial charge in [0.1, 0.15) is 5.82 Å². The van der Waals surface area contributed by atoms with E-state index < -0.39 is 11.8 Å². The molecular formula is C24H28N6O5. The first-order valence-corrected chi connectivity index (χ1v) is 11.4. The van der Waals surface area contributed by atoms with Crippen molar-refractivity contribution in [3.8, 4) is 17.4 Å². The number of hydrogen-bond donors (Lipinski definition) is 3. The lowest BCUT2D eigenvalue weighted by molar-refractivity contribution is -0.136. The molecule has 1 aliphatic carbocycles. The van der Waals surface area contributed by atoms with Crippen LogP contribution in [-0.4, -0.2) is 52.3 Å². The summed E-state index contributed by atoms with van der Waals surface area (Å²) in [5.74, 6) is 0.00348. The molecule has 11 heteroatoms. The Bertz CT molecular complexity index is 1310. The van der Waals surface area contributed by atoms with Crippen LogP contribution in [-0.2, 0) is 28.9 Å². The van der Waals surface area contributed by atoms with Gasteiger partial charge in [-0.25, -0.2) is 4.98 Å². The molecule has 3 aromatic rings. The molecule has 0 atom stereocenters. The van der Waals surface area contributed by atoms with E-state index in [-0.39, 0.29) is 23.9 Å². The van der Waals surface area contributed by atoms with Crippen LogP contribution in [0.4, 0.5) is 5.82 Å². The maximum atomic E-state index is 12.5. The van der Waals surface area contributed by atoms with Gasteiger partial charge in [-0.1, -0.05) is 6.07 Å². The number of aromatic nitrogens is 4. The number of aromatic amines is 1. The third-order valence-corrected chi connectivity index (χ3v) is 5.81. The van der Waals surface area contributed by atoms with E-state index in [1.54, 1.807) is 33.3 Å². The molecule has 2 heterocycles. The summed E-state index contributed by atoms with van der Waals surface area (Å²) >= 11 is 0. The van der Waals surface area contributed by atoms with Gasteiger partial charge in [0.15, 0.2) is 11.5 Å². The van der Waals surface area contributed by atoms with Gasteiger partial charge in [-0.05, 0) is 56.7 Å². The zero-order chi connectivity index (χ0) is 24.9. The second-order valence-corrected chi connectivity index (χ2v) is 8.25. The standard InChI is InChI=1S/C24H28N6O5/c1-14-12-20(30(29-14)24-26-17-7-5-4-6-16(17)21(31)28-24)27-23(33)22(32)25-11-10-15-8-9-18(34-2)19(13-15)35-3/h8-9,12-13H,4-7,10-11H2,1-3H3,(H,25,32)(H,27,33)(H,26,28,31). The molecule has 0 spiro atoms. The number of benzene rings is 1. The highest BCUT2D eigenvalue weighted by Gasteiger charge is 2.21. The van der Waals surface area contributed by atoms with Gasteiger partial charge in [0.25, 0.3) is 5.56 Å². The van der Waals surface area contributed by atoms with E-state index in [2.05, 4.69) is 25.7 Å². The van der Waals surface area contributed by atoms with E-state index in [1.807, 2.05) is 12.1 Å². The highest BCUT2D eigenvalue weighted by atomic mass is 16.5. The number of ether oxygens (including phenoxy) is 2. The van der Waals surface area contributed by atoms with Crippen molar-refractivity contribution in [1.29, 1.82) is 0 Å². The number of rotatable bonds is 7. The molecule has 0 unspecified atom stereocenters. The molecule has 0 saturated carbocycles. The summed E-state index contributed by atoms with van der Waals surface area (Å²) < 4.78 is 11.8. The second-order valence-electron chi connectivity index (χ2n) is 8.25. The van der Waals surface area contributed by atoms with Gasteiger partial charge in [-0.15, -0.1) is 0 Å². The average Bonchev–Trinajstić information content (AvgIpc) is 3.23. The van der Waals surface area contributed by atoms with Gasteiger partial charge in [0, 0.05) is 18.2 Å². The maximum absolute atomic E-state index is 12.5. The normalized spacial score (nSPS) is 12.5. The van der Waals surface area contributed by atoms with Crippen LogP contribution >= 0.6 is 0 Å². The van der Waals surface area contributed by atoms with Gasteiger partial charge in [0.2, 0.25) is 5.95 Å². The summed E-state index contributed by atoms with van der Waals surface area (Å²) in [6.07, 6.45) is 3.84. The Labute approximate surface area is 201 Å². The zero-order valence-electron chi connectivity index (χ0n) is 19.9. The van der Waals surface area contributed by atoms with Gasteiger partial charge in [-0.2, -0.15) is 9.78 Å². The lowest BCUT2D eigenvalue weighted by Crippen LogP contribution is -2.37. The summed E-state index contributed by atoms with van der Waals surface area (Å²) in [5.41, 5.74) is 2.74. The van der Waals surface area contributed by atoms with Crippen molar-refractivity contribution < 1.29 is 19.1 Å². The third kappa shape index (κ3) is 5.34. The molecule has 0 saturated heterocycles. The van der Waals surface area contributed by atoms with Crippen molar-refractivity contribution >= 4 is 17.6 Å². The van der Waals surface area contributed by atoms with Crippen LogP contribution in [0.5, 0.6) is 11.5 Å². The summed E-state index contributed by atoms with van der Waals surface area (Å²) in [6.45, 7) is 1.99. The minimum absolute atomic E-state index is 0.202. The van der Waals surface area contributed by atoms with Crippen molar-refractivity contribution in [2.45, 2.75) is 39.0 Å². The van der Waals surface area contributed by atoms with Crippen molar-refractivity contribution in [2.24, 2.45) is 0 Å². The Hall–Kier alpha value is -4.15. The van der Waals surface area contributed by atoms with Crippen molar-refractivity contribution in [1.82, 2.24) is 25.1 Å². The largest absolute Gasteiger partial charge is 0.493 e. The molecule has 3 N–H and O–H groups in total. The Balaban J connectivity index is 1.41. The molecule has 2 amide bonds. The number of amides is 2. The smallest absolute Gasteiger partial charge is 0.314 e. The zero-order valence-corrected chi connectivity index (χ0v) is 19.9. The van der Waals surface area contributed by atoms with Crippen LogP contribution in [0.15, 0.2) is 29.1 Å². The third-order valence-electron chi connectivity index (χ3n) is 5.81. The Morgan fingerprint density at radius 1 is 1.09 bits per heavy atom. The molecule has 0 radical (unpaired) electrons. The van der Waals surface area contributed by atoms with E-state index in [0.29, 0.717) is 35.6 Å². The Kier molecular flexibility index (Phi) is 7.14. The molecule has 11 nitrogen and oxygen atoms in total. The minimum Gasteiger partial charge on any atom is -0.493 e. The van der Waals surface area contributed by atoms with E-state index in [9.17, 15) is 14.4 Å². The highest BCUT2D eigenvalue weighted by Crippen LogP contribution is 2.27. The molecule has 35 heavy (non-hydrogen) atoms. The molecule has 4 rings (SSSR count). The summed E-state index contributed by atoms with van der Waals surface area (Å²) in [4.78, 5) is 44.7. The fraction of sp³-hybridized carbons (Fsp3) is 0.375. The second kappa shape index (κ2) is 10.4. The lowest BCUT2D eigenvalue weighted by Gasteiger charge is -2.15. The van der Waals surface area contributed by atoms with Crippen LogP contribution < -0.4 is 25.7 Å². The first-order chi connectivity index (χ1) is 16.9. The average molecular weight is 481 g/mol. The van der Waals surface area contributed by atoms with Crippen LogP contribution in [0.25, 0.3) is 5.95 Å². The molecule has 184 valence electrons. The first kappa shape index (κ1) is 24.0. The van der Waals surface area contributed by atoms with E-state index in [4.69, 9.17) is 9.47 Å². The Morgan fingerprint density at radius 3 is 2.63 bits per heavy atom. The SMILES string of the molecule is COc1ccc(CCNC(=O)C(=O)Nc2cc(C)nn2-c2nc3c(c(=O)[nH]2)CCCC3)cc1OC. The summed E-state index contributed by atoms with van der Waals surface area (Å²) in [7, 11) is 3.11. The van der Waals surface area contributed by atoms with Crippen LogP contribution in [0.1, 0.15) is 35.4 Å². The first-order valence-electron chi connectivity index (χ1n) is 11.4. The van der Waals surface area contributed by atoms with Gasteiger partial charge in [0.05, 0.1) is 25.6 Å². The maximum Gasteiger partial charge on any atom is 0.314 e. The predicted octanol–water partition coefficient (Wildman–Crippen LogP) is 1.46. The van der Waals surface area contributed by atoms with Gasteiger partial charge >= 0.3 is 11.8 Å². The topological polar surface area (TPSA) is 140 Å². The molecule has 0 bridgehead atoms. The van der Waals surface area contributed by atoms with Crippen LogP contribution in [0.3, 0.4) is 0 Å². The fourth-order valence-electron chi connectivity index (χ4n) is 4.05. The van der Waals surface area contributed by atoms with Crippen LogP contribution in [0, 0.1) is 6.92 Å². The van der Waals surface area contributed by atoms with Gasteiger partial charge < -0.3 is 20.1 Å². The van der Waals surface area contributed by atoms with Gasteiger partial charge in [-0.3, -0.25) is 19.4 Å². The summed E-state index contributed by atoms with van der Waals surface area (Å²) in [6, 6.07) is 7.07. The number of fused-ring (bicyclic) bond motifs is 1. The number of methoxy groups -OCH3 is 2. The number of carbonyl (C=O) groups is 2. The number of hydrogen-bond acceptors (Lipinski definition) is 7. The number of nitrogens with one attached hydrogen (secondary N) is 3. The highest BCUT2D eigenvalue weighted by molar-refractivity contribution is 6.39. The monoisotopic (exact) mass is 480 g/mol. The Morgan fingerprint density at radius 2 is 1.86 bits per heavy atom. The molecule has 1 aliphatic rings. The number of nitrogens with zero attached hydrogens (tertiary/aromatic N) is 3. The lowest BCUT2D eigenvalue weighted by atomic mass is 9.97. The molecule has 0 fully saturated rings. The number of anilines is 1. The quantitative estimate of drug-likeness (QED) is 0.435. The minimum atomic E-state index is -0.848. The van der Waals surface area contributed by atoms with Crippen molar-refractivity contribution in [3.05, 3.63) is 57.1 Å². The molecule has 0 aliphatic heterocycles. The van der Waals surface area contributed by atoms with Crippen LogP contribution in [0.2, 0.25) is 0 Å². The number of H-pyrrole nitrogens is 1. The number of carbonyl (C=O) groups excluding carboxylic acids is 2. The molecule has 1 aromatic carbocycles. The molecular weight excluding hydrogens is 452 g/mol. The predicted molar refractivity (Wildman–Crippen MR) is 128 cm³/mol. The summed E-state index contributed by atoms with van der Waals surface area (Å²) in [5, 5.41) is 9.50. The number of aryl methyl sites for hydroxylation is 2.